The fourth-order valence-corrected chi connectivity index (χ4v) is 3.13. The topological polar surface area (TPSA) is 72.0 Å². The lowest BCUT2D eigenvalue weighted by molar-refractivity contribution is -0.139. The lowest BCUT2D eigenvalue weighted by atomic mass is 10.1. The van der Waals surface area contributed by atoms with Crippen molar-refractivity contribution in [3.8, 4) is 11.6 Å². The van der Waals surface area contributed by atoms with Gasteiger partial charge in [-0.1, -0.05) is 18.2 Å². The molecular formula is C19H18F3N5O. The van der Waals surface area contributed by atoms with E-state index in [4.69, 9.17) is 4.74 Å². The smallest absolute Gasteiger partial charge is 0.423 e. The van der Waals surface area contributed by atoms with Crippen LogP contribution >= 0.6 is 0 Å². The van der Waals surface area contributed by atoms with Crippen LogP contribution < -0.4 is 15.4 Å². The predicted molar refractivity (Wildman–Crippen MR) is 98.4 cm³/mol. The Balaban J connectivity index is 1.69. The Hall–Kier alpha value is -2.94. The molecule has 1 aromatic carbocycles. The molecular weight excluding hydrogens is 371 g/mol. The Morgan fingerprint density at radius 1 is 1.14 bits per heavy atom. The van der Waals surface area contributed by atoms with E-state index in [0.29, 0.717) is 12.1 Å². The molecule has 9 heteroatoms. The molecule has 1 aliphatic heterocycles. The second-order valence-corrected chi connectivity index (χ2v) is 6.53. The molecule has 0 radical (unpaired) electrons. The van der Waals surface area contributed by atoms with E-state index < -0.39 is 17.6 Å². The van der Waals surface area contributed by atoms with Gasteiger partial charge < -0.3 is 15.4 Å². The molecule has 2 aromatic heterocycles. The van der Waals surface area contributed by atoms with Crippen molar-refractivity contribution in [1.82, 2.24) is 20.3 Å². The van der Waals surface area contributed by atoms with Crippen LogP contribution in [0, 0.1) is 0 Å². The highest BCUT2D eigenvalue weighted by molar-refractivity contribution is 5.84. The van der Waals surface area contributed by atoms with Crippen molar-refractivity contribution in [2.45, 2.75) is 25.1 Å². The van der Waals surface area contributed by atoms with Crippen molar-refractivity contribution >= 4 is 16.9 Å². The SMILES string of the molecule is FC(F)(F)c1cnc(NC2CCCNC2)nc1Oc1cccc2cccnc12. The fourth-order valence-electron chi connectivity index (χ4n) is 3.13. The Morgan fingerprint density at radius 2 is 2.00 bits per heavy atom. The Labute approximate surface area is 159 Å². The molecule has 1 fully saturated rings. The Bertz CT molecular complexity index is 968. The monoisotopic (exact) mass is 389 g/mol. The van der Waals surface area contributed by atoms with E-state index in [1.165, 1.54) is 0 Å². The summed E-state index contributed by atoms with van der Waals surface area (Å²) in [5.74, 6) is -0.246. The number of benzene rings is 1. The number of hydrogen-bond donors (Lipinski definition) is 2. The van der Waals surface area contributed by atoms with Crippen molar-refractivity contribution in [2.75, 3.05) is 18.4 Å². The number of anilines is 1. The maximum atomic E-state index is 13.4. The van der Waals surface area contributed by atoms with Crippen LogP contribution in [0.4, 0.5) is 19.1 Å². The third-order valence-corrected chi connectivity index (χ3v) is 4.49. The average molecular weight is 389 g/mol. The van der Waals surface area contributed by atoms with Gasteiger partial charge in [0.05, 0.1) is 0 Å². The van der Waals surface area contributed by atoms with Crippen LogP contribution in [0.25, 0.3) is 10.9 Å². The number of alkyl halides is 3. The first-order chi connectivity index (χ1) is 13.5. The molecule has 1 aliphatic rings. The molecule has 0 amide bonds. The molecule has 4 rings (SSSR count). The number of nitrogens with one attached hydrogen (secondary N) is 2. The van der Waals surface area contributed by atoms with Gasteiger partial charge in [0.15, 0.2) is 5.75 Å². The molecule has 3 aromatic rings. The summed E-state index contributed by atoms with van der Waals surface area (Å²) < 4.78 is 45.9. The number of nitrogens with zero attached hydrogens (tertiary/aromatic N) is 3. The van der Waals surface area contributed by atoms with E-state index >= 15 is 0 Å². The summed E-state index contributed by atoms with van der Waals surface area (Å²) >= 11 is 0. The third-order valence-electron chi connectivity index (χ3n) is 4.49. The molecule has 1 atom stereocenters. The zero-order valence-electron chi connectivity index (χ0n) is 14.8. The summed E-state index contributed by atoms with van der Waals surface area (Å²) in [7, 11) is 0. The summed E-state index contributed by atoms with van der Waals surface area (Å²) in [4.78, 5) is 12.1. The van der Waals surface area contributed by atoms with Gasteiger partial charge in [0.2, 0.25) is 11.8 Å². The van der Waals surface area contributed by atoms with Crippen molar-refractivity contribution < 1.29 is 17.9 Å². The normalized spacial score (nSPS) is 17.5. The van der Waals surface area contributed by atoms with Crippen LogP contribution in [-0.4, -0.2) is 34.1 Å². The highest BCUT2D eigenvalue weighted by Gasteiger charge is 2.36. The zero-order chi connectivity index (χ0) is 19.6. The Morgan fingerprint density at radius 3 is 2.79 bits per heavy atom. The van der Waals surface area contributed by atoms with E-state index in [0.717, 1.165) is 31.0 Å². The first-order valence-corrected chi connectivity index (χ1v) is 8.94. The van der Waals surface area contributed by atoms with Crippen LogP contribution in [0.3, 0.4) is 0 Å². The van der Waals surface area contributed by atoms with Crippen molar-refractivity contribution in [3.05, 3.63) is 48.3 Å². The van der Waals surface area contributed by atoms with Gasteiger partial charge in [-0.2, -0.15) is 18.2 Å². The fraction of sp³-hybridized carbons (Fsp3) is 0.316. The van der Waals surface area contributed by atoms with E-state index in [-0.39, 0.29) is 17.7 Å². The lowest BCUT2D eigenvalue weighted by Gasteiger charge is -2.24. The number of pyridine rings is 1. The minimum atomic E-state index is -4.64. The number of rotatable bonds is 4. The van der Waals surface area contributed by atoms with Crippen molar-refractivity contribution in [3.63, 3.8) is 0 Å². The lowest BCUT2D eigenvalue weighted by Crippen LogP contribution is -2.38. The molecule has 28 heavy (non-hydrogen) atoms. The maximum absolute atomic E-state index is 13.4. The summed E-state index contributed by atoms with van der Waals surface area (Å²) in [5, 5.41) is 7.06. The van der Waals surface area contributed by atoms with Crippen molar-refractivity contribution in [1.29, 1.82) is 0 Å². The van der Waals surface area contributed by atoms with Crippen LogP contribution in [0.2, 0.25) is 0 Å². The minimum absolute atomic E-state index is 0.0533. The van der Waals surface area contributed by atoms with Crippen molar-refractivity contribution in [2.24, 2.45) is 0 Å². The first-order valence-electron chi connectivity index (χ1n) is 8.94. The van der Waals surface area contributed by atoms with Crippen LogP contribution in [0.15, 0.2) is 42.7 Å². The number of para-hydroxylation sites is 1. The second kappa shape index (κ2) is 7.59. The number of fused-ring (bicyclic) bond motifs is 1. The molecule has 0 aliphatic carbocycles. The van der Waals surface area contributed by atoms with Gasteiger partial charge in [0, 0.05) is 30.4 Å². The van der Waals surface area contributed by atoms with E-state index in [1.54, 1.807) is 24.4 Å². The second-order valence-electron chi connectivity index (χ2n) is 6.53. The van der Waals surface area contributed by atoms with Crippen LogP contribution in [0.5, 0.6) is 11.6 Å². The van der Waals surface area contributed by atoms with E-state index in [9.17, 15) is 13.2 Å². The predicted octanol–water partition coefficient (Wildman–Crippen LogP) is 4.00. The summed E-state index contributed by atoms with van der Waals surface area (Å²) in [6, 6.07) is 8.68. The molecule has 0 saturated carbocycles. The van der Waals surface area contributed by atoms with Gasteiger partial charge in [-0.3, -0.25) is 4.98 Å². The van der Waals surface area contributed by atoms with E-state index in [1.807, 2.05) is 12.1 Å². The first kappa shape index (κ1) is 18.4. The minimum Gasteiger partial charge on any atom is -0.436 e. The number of hydrogen-bond acceptors (Lipinski definition) is 6. The Kier molecular flexibility index (Phi) is 4.99. The van der Waals surface area contributed by atoms with E-state index in [2.05, 4.69) is 25.6 Å². The molecule has 1 saturated heterocycles. The van der Waals surface area contributed by atoms with Gasteiger partial charge in [-0.15, -0.1) is 0 Å². The molecule has 3 heterocycles. The van der Waals surface area contributed by atoms with Crippen LogP contribution in [-0.2, 0) is 6.18 Å². The van der Waals surface area contributed by atoms with Gasteiger partial charge in [-0.05, 0) is 31.5 Å². The third kappa shape index (κ3) is 3.99. The number of halogens is 3. The van der Waals surface area contributed by atoms with Gasteiger partial charge in [0.1, 0.15) is 11.1 Å². The number of piperidine rings is 1. The zero-order valence-corrected chi connectivity index (χ0v) is 14.8. The number of aromatic nitrogens is 3. The molecule has 146 valence electrons. The van der Waals surface area contributed by atoms with Crippen LogP contribution in [0.1, 0.15) is 18.4 Å². The molecule has 0 bridgehead atoms. The standard InChI is InChI=1S/C19H18F3N5O/c20-19(21,22)14-11-25-18(26-13-6-3-8-23-10-13)27-17(14)28-15-7-1-4-12-5-2-9-24-16(12)15/h1-2,4-5,7,9,11,13,23H,3,6,8,10H2,(H,25,26,27). The maximum Gasteiger partial charge on any atom is 0.423 e. The highest BCUT2D eigenvalue weighted by Crippen LogP contribution is 2.38. The summed E-state index contributed by atoms with van der Waals surface area (Å²) in [6.45, 7) is 1.63. The quantitative estimate of drug-likeness (QED) is 0.703. The van der Waals surface area contributed by atoms with Gasteiger partial charge >= 0.3 is 6.18 Å². The molecule has 6 nitrogen and oxygen atoms in total. The highest BCUT2D eigenvalue weighted by atomic mass is 19.4. The average Bonchev–Trinajstić information content (AvgIpc) is 2.68. The molecule has 2 N–H and O–H groups in total. The summed E-state index contributed by atoms with van der Waals surface area (Å²) in [5.41, 5.74) is -0.574. The van der Waals surface area contributed by atoms with Gasteiger partial charge in [-0.25, -0.2) is 4.98 Å². The molecule has 0 spiro atoms. The van der Waals surface area contributed by atoms with Gasteiger partial charge in [0.25, 0.3) is 0 Å². The largest absolute Gasteiger partial charge is 0.436 e. The number of ether oxygens (including phenoxy) is 1. The molecule has 1 unspecified atom stereocenters. The summed E-state index contributed by atoms with van der Waals surface area (Å²) in [6.07, 6.45) is -0.467.